The molecule has 11 heavy (non-hydrogen) atoms. The van der Waals surface area contributed by atoms with E-state index in [0.717, 1.165) is 13.0 Å². The Labute approximate surface area is 68.2 Å². The highest BCUT2D eigenvalue weighted by atomic mass is 16.6. The summed E-state index contributed by atoms with van der Waals surface area (Å²) in [7, 11) is 1.73. The van der Waals surface area contributed by atoms with Gasteiger partial charge in [0, 0.05) is 13.5 Å². The number of ether oxygens (including phenoxy) is 2. The fourth-order valence-corrected chi connectivity index (χ4v) is 1.11. The maximum Gasteiger partial charge on any atom is 0.0916 e. The van der Waals surface area contributed by atoms with E-state index in [1.165, 1.54) is 0 Å². The molecule has 2 atom stereocenters. The van der Waals surface area contributed by atoms with Crippen molar-refractivity contribution < 1.29 is 9.47 Å². The van der Waals surface area contributed by atoms with Gasteiger partial charge in [-0.15, -0.1) is 0 Å². The Kier molecular flexibility index (Phi) is 2.68. The second-order valence-corrected chi connectivity index (χ2v) is 3.24. The molecule has 0 aromatic carbocycles. The van der Waals surface area contributed by atoms with Gasteiger partial charge in [-0.25, -0.2) is 0 Å². The average Bonchev–Trinajstić information content (AvgIpc) is 2.68. The minimum absolute atomic E-state index is 0.0974. The summed E-state index contributed by atoms with van der Waals surface area (Å²) < 4.78 is 10.5. The fourth-order valence-electron chi connectivity index (χ4n) is 1.11. The second-order valence-electron chi connectivity index (χ2n) is 3.24. The van der Waals surface area contributed by atoms with Crippen LogP contribution in [0.25, 0.3) is 0 Å². The monoisotopic (exact) mass is 156 g/mol. The Morgan fingerprint density at radius 1 is 1.73 bits per heavy atom. The molecule has 0 spiro atoms. The summed E-state index contributed by atoms with van der Waals surface area (Å²) in [5.74, 6) is 0. The second kappa shape index (κ2) is 3.37. The third-order valence-corrected chi connectivity index (χ3v) is 1.98. The van der Waals surface area contributed by atoms with Crippen LogP contribution in [-0.4, -0.2) is 25.4 Å². The third-order valence-electron chi connectivity index (χ3n) is 1.98. The van der Waals surface area contributed by atoms with Crippen molar-refractivity contribution in [3.8, 4) is 0 Å². The molecule has 0 radical (unpaired) electrons. The van der Waals surface area contributed by atoms with Crippen molar-refractivity contribution in [2.45, 2.75) is 32.0 Å². The summed E-state index contributed by atoms with van der Waals surface area (Å²) in [6.45, 7) is 5.00. The van der Waals surface area contributed by atoms with Crippen LogP contribution >= 0.6 is 0 Å². The van der Waals surface area contributed by atoms with Gasteiger partial charge in [-0.3, -0.25) is 0 Å². The SMILES string of the molecule is CC=CC(CC1(C)CO1)OC. The molecule has 1 heterocycles. The standard InChI is InChI=1S/C9H16O2/c1-4-5-8(10-3)6-9(2)7-11-9/h4-5,8H,6-7H2,1-3H3. The smallest absolute Gasteiger partial charge is 0.0916 e. The van der Waals surface area contributed by atoms with Crippen molar-refractivity contribution in [2.24, 2.45) is 0 Å². The zero-order chi connectivity index (χ0) is 8.32. The molecule has 0 aliphatic carbocycles. The number of rotatable bonds is 4. The summed E-state index contributed by atoms with van der Waals surface area (Å²) in [6, 6.07) is 0. The van der Waals surface area contributed by atoms with Crippen LogP contribution in [0.2, 0.25) is 0 Å². The first kappa shape index (κ1) is 8.75. The van der Waals surface area contributed by atoms with Crippen molar-refractivity contribution in [1.29, 1.82) is 0 Å². The Morgan fingerprint density at radius 3 is 2.73 bits per heavy atom. The maximum atomic E-state index is 5.26. The van der Waals surface area contributed by atoms with Gasteiger partial charge in [-0.05, 0) is 13.8 Å². The van der Waals surface area contributed by atoms with E-state index < -0.39 is 0 Å². The molecule has 1 fully saturated rings. The van der Waals surface area contributed by atoms with Crippen LogP contribution in [0, 0.1) is 0 Å². The zero-order valence-corrected chi connectivity index (χ0v) is 7.46. The van der Waals surface area contributed by atoms with Gasteiger partial charge in [0.25, 0.3) is 0 Å². The Hall–Kier alpha value is -0.340. The number of methoxy groups -OCH3 is 1. The van der Waals surface area contributed by atoms with Gasteiger partial charge in [0.05, 0.1) is 18.3 Å². The molecule has 0 saturated carbocycles. The molecule has 2 unspecified atom stereocenters. The molecule has 0 aromatic heterocycles. The first-order valence-electron chi connectivity index (χ1n) is 4.00. The lowest BCUT2D eigenvalue weighted by Crippen LogP contribution is -2.17. The molecule has 64 valence electrons. The Morgan fingerprint density at radius 2 is 2.36 bits per heavy atom. The van der Waals surface area contributed by atoms with Crippen LogP contribution in [0.1, 0.15) is 20.3 Å². The number of allylic oxidation sites excluding steroid dienone is 1. The number of epoxide rings is 1. The van der Waals surface area contributed by atoms with Crippen molar-refractivity contribution in [3.05, 3.63) is 12.2 Å². The van der Waals surface area contributed by atoms with E-state index in [-0.39, 0.29) is 11.7 Å². The van der Waals surface area contributed by atoms with Crippen LogP contribution in [0.5, 0.6) is 0 Å². The van der Waals surface area contributed by atoms with Crippen molar-refractivity contribution >= 4 is 0 Å². The quantitative estimate of drug-likeness (QED) is 0.457. The molecule has 0 N–H and O–H groups in total. The molecule has 2 nitrogen and oxygen atoms in total. The van der Waals surface area contributed by atoms with Gasteiger partial charge in [0.2, 0.25) is 0 Å². The van der Waals surface area contributed by atoms with E-state index in [1.54, 1.807) is 7.11 Å². The van der Waals surface area contributed by atoms with Crippen LogP contribution in [-0.2, 0) is 9.47 Å². The highest BCUT2D eigenvalue weighted by Gasteiger charge is 2.40. The van der Waals surface area contributed by atoms with Crippen molar-refractivity contribution in [3.63, 3.8) is 0 Å². The summed E-state index contributed by atoms with van der Waals surface area (Å²) in [5, 5.41) is 0. The molecule has 1 aliphatic heterocycles. The lowest BCUT2D eigenvalue weighted by molar-refractivity contribution is 0.109. The summed E-state index contributed by atoms with van der Waals surface area (Å²) in [4.78, 5) is 0. The highest BCUT2D eigenvalue weighted by Crippen LogP contribution is 2.32. The topological polar surface area (TPSA) is 21.8 Å². The van der Waals surface area contributed by atoms with E-state index in [4.69, 9.17) is 9.47 Å². The predicted molar refractivity (Wildman–Crippen MR) is 44.6 cm³/mol. The number of hydrogen-bond acceptors (Lipinski definition) is 2. The van der Waals surface area contributed by atoms with E-state index in [2.05, 4.69) is 13.0 Å². The van der Waals surface area contributed by atoms with E-state index in [0.29, 0.717) is 0 Å². The largest absolute Gasteiger partial charge is 0.377 e. The Bertz CT molecular complexity index is 148. The molecule has 1 aliphatic rings. The van der Waals surface area contributed by atoms with E-state index in [1.807, 2.05) is 13.0 Å². The third kappa shape index (κ3) is 2.64. The lowest BCUT2D eigenvalue weighted by atomic mass is 10.0. The highest BCUT2D eigenvalue weighted by molar-refractivity contribution is 4.96. The summed E-state index contributed by atoms with van der Waals surface area (Å²) in [5.41, 5.74) is 0.0974. The minimum Gasteiger partial charge on any atom is -0.377 e. The van der Waals surface area contributed by atoms with Crippen molar-refractivity contribution in [1.82, 2.24) is 0 Å². The molecule has 1 saturated heterocycles. The minimum atomic E-state index is 0.0974. The fraction of sp³-hybridized carbons (Fsp3) is 0.778. The van der Waals surface area contributed by atoms with Crippen LogP contribution < -0.4 is 0 Å². The summed E-state index contributed by atoms with van der Waals surface area (Å²) >= 11 is 0. The van der Waals surface area contributed by atoms with Gasteiger partial charge in [0.15, 0.2) is 0 Å². The maximum absolute atomic E-state index is 5.26. The molecule has 0 bridgehead atoms. The first-order chi connectivity index (χ1) is 5.20. The van der Waals surface area contributed by atoms with Crippen LogP contribution in [0.4, 0.5) is 0 Å². The molecule has 2 heteroatoms. The molecule has 0 amide bonds. The normalized spacial score (nSPS) is 32.6. The van der Waals surface area contributed by atoms with Crippen LogP contribution in [0.3, 0.4) is 0 Å². The first-order valence-corrected chi connectivity index (χ1v) is 4.00. The van der Waals surface area contributed by atoms with Crippen molar-refractivity contribution in [2.75, 3.05) is 13.7 Å². The van der Waals surface area contributed by atoms with Gasteiger partial charge >= 0.3 is 0 Å². The van der Waals surface area contributed by atoms with E-state index in [9.17, 15) is 0 Å². The molecule has 1 rings (SSSR count). The Balaban J connectivity index is 2.31. The van der Waals surface area contributed by atoms with Gasteiger partial charge in [0.1, 0.15) is 0 Å². The number of hydrogen-bond donors (Lipinski definition) is 0. The molecule has 0 aromatic rings. The van der Waals surface area contributed by atoms with Gasteiger partial charge in [-0.2, -0.15) is 0 Å². The van der Waals surface area contributed by atoms with E-state index >= 15 is 0 Å². The molecular formula is C9H16O2. The zero-order valence-electron chi connectivity index (χ0n) is 7.46. The summed E-state index contributed by atoms with van der Waals surface area (Å²) in [6.07, 6.45) is 5.26. The van der Waals surface area contributed by atoms with Gasteiger partial charge < -0.3 is 9.47 Å². The lowest BCUT2D eigenvalue weighted by Gasteiger charge is -2.12. The molecular weight excluding hydrogens is 140 g/mol. The van der Waals surface area contributed by atoms with Gasteiger partial charge in [-0.1, -0.05) is 12.2 Å². The van der Waals surface area contributed by atoms with Crippen LogP contribution in [0.15, 0.2) is 12.2 Å². The average molecular weight is 156 g/mol. The predicted octanol–water partition coefficient (Wildman–Crippen LogP) is 1.76.